The minimum atomic E-state index is 0.114. The van der Waals surface area contributed by atoms with Crippen LogP contribution in [0.1, 0.15) is 43.8 Å². The zero-order valence-corrected chi connectivity index (χ0v) is 12.0. The highest BCUT2D eigenvalue weighted by Crippen LogP contribution is 2.28. The third-order valence-corrected chi connectivity index (χ3v) is 3.76. The van der Waals surface area contributed by atoms with Gasteiger partial charge in [0.2, 0.25) is 0 Å². The normalized spacial score (nSPS) is 18.2. The Bertz CT molecular complexity index is 375. The third-order valence-electron chi connectivity index (χ3n) is 3.76. The van der Waals surface area contributed by atoms with E-state index < -0.39 is 0 Å². The lowest BCUT2D eigenvalue weighted by atomic mass is 9.97. The summed E-state index contributed by atoms with van der Waals surface area (Å²) in [7, 11) is 3.67. The number of rotatable bonds is 6. The highest BCUT2D eigenvalue weighted by Gasteiger charge is 2.20. The Labute approximate surface area is 116 Å². The molecule has 1 N–H and O–H groups in total. The molecule has 1 unspecified atom stereocenters. The molecule has 2 rings (SSSR count). The Morgan fingerprint density at radius 2 is 2.05 bits per heavy atom. The molecule has 0 aromatic heterocycles. The van der Waals surface area contributed by atoms with E-state index in [0.717, 1.165) is 12.3 Å². The number of ether oxygens (including phenoxy) is 2. The summed E-state index contributed by atoms with van der Waals surface area (Å²) in [5.41, 5.74) is 1.19. The van der Waals surface area contributed by atoms with E-state index in [0.29, 0.717) is 6.10 Å². The summed E-state index contributed by atoms with van der Waals surface area (Å²) in [6.45, 7) is 0.837. The Morgan fingerprint density at radius 1 is 1.26 bits per heavy atom. The van der Waals surface area contributed by atoms with E-state index in [-0.39, 0.29) is 6.10 Å². The molecule has 3 heteroatoms. The molecule has 0 amide bonds. The molecule has 1 atom stereocenters. The highest BCUT2D eigenvalue weighted by atomic mass is 16.5. The molecule has 0 aliphatic heterocycles. The average molecular weight is 263 g/mol. The van der Waals surface area contributed by atoms with Crippen LogP contribution in [0.15, 0.2) is 24.3 Å². The van der Waals surface area contributed by atoms with Crippen molar-refractivity contribution < 1.29 is 9.47 Å². The van der Waals surface area contributed by atoms with E-state index >= 15 is 0 Å². The lowest BCUT2D eigenvalue weighted by Crippen LogP contribution is -2.26. The fourth-order valence-electron chi connectivity index (χ4n) is 2.71. The molecule has 1 fully saturated rings. The molecule has 0 saturated heterocycles. The van der Waals surface area contributed by atoms with E-state index in [2.05, 4.69) is 17.4 Å². The minimum absolute atomic E-state index is 0.114. The molecule has 1 aromatic rings. The number of likely N-dealkylation sites (N-methyl/N-ethyl adjacent to an activating group) is 1. The van der Waals surface area contributed by atoms with Gasteiger partial charge in [-0.25, -0.2) is 0 Å². The smallest absolute Gasteiger partial charge is 0.119 e. The van der Waals surface area contributed by atoms with E-state index in [1.165, 1.54) is 37.7 Å². The first-order chi connectivity index (χ1) is 9.33. The summed E-state index contributed by atoms with van der Waals surface area (Å²) in [5, 5.41) is 3.23. The Morgan fingerprint density at radius 3 is 2.74 bits per heavy atom. The first-order valence-electron chi connectivity index (χ1n) is 7.27. The molecule has 106 valence electrons. The van der Waals surface area contributed by atoms with Crippen molar-refractivity contribution in [3.05, 3.63) is 29.8 Å². The first kappa shape index (κ1) is 14.4. The average Bonchev–Trinajstić information content (AvgIpc) is 2.48. The Balaban J connectivity index is 2.04. The van der Waals surface area contributed by atoms with Crippen molar-refractivity contribution >= 4 is 0 Å². The van der Waals surface area contributed by atoms with Gasteiger partial charge in [-0.2, -0.15) is 0 Å². The van der Waals surface area contributed by atoms with E-state index in [9.17, 15) is 0 Å². The number of nitrogens with one attached hydrogen (secondary N) is 1. The first-order valence-corrected chi connectivity index (χ1v) is 7.27. The fourth-order valence-corrected chi connectivity index (χ4v) is 2.71. The lowest BCUT2D eigenvalue weighted by Gasteiger charge is -2.28. The van der Waals surface area contributed by atoms with E-state index in [1.807, 2.05) is 19.2 Å². The van der Waals surface area contributed by atoms with E-state index in [1.54, 1.807) is 7.11 Å². The molecule has 1 saturated carbocycles. The number of benzene rings is 1. The molecule has 19 heavy (non-hydrogen) atoms. The monoisotopic (exact) mass is 263 g/mol. The van der Waals surface area contributed by atoms with Crippen LogP contribution in [0.2, 0.25) is 0 Å². The molecule has 3 nitrogen and oxygen atoms in total. The second kappa shape index (κ2) is 7.51. The highest BCUT2D eigenvalue weighted by molar-refractivity contribution is 5.30. The van der Waals surface area contributed by atoms with Crippen LogP contribution in [0.4, 0.5) is 0 Å². The van der Waals surface area contributed by atoms with E-state index in [4.69, 9.17) is 9.47 Å². The van der Waals surface area contributed by atoms with Crippen molar-refractivity contribution in [2.75, 3.05) is 20.7 Å². The molecular formula is C16H25NO2. The van der Waals surface area contributed by atoms with Gasteiger partial charge in [-0.1, -0.05) is 31.4 Å². The van der Waals surface area contributed by atoms with Crippen molar-refractivity contribution in [1.82, 2.24) is 5.32 Å². The van der Waals surface area contributed by atoms with Crippen LogP contribution in [0, 0.1) is 0 Å². The van der Waals surface area contributed by atoms with Crippen LogP contribution >= 0.6 is 0 Å². The summed E-state index contributed by atoms with van der Waals surface area (Å²) in [6, 6.07) is 8.19. The zero-order valence-electron chi connectivity index (χ0n) is 12.0. The molecule has 1 aliphatic rings. The Hall–Kier alpha value is -1.06. The summed E-state index contributed by atoms with van der Waals surface area (Å²) < 4.78 is 11.6. The largest absolute Gasteiger partial charge is 0.497 e. The summed E-state index contributed by atoms with van der Waals surface area (Å²) >= 11 is 0. The molecule has 1 aliphatic carbocycles. The van der Waals surface area contributed by atoms with Gasteiger partial charge < -0.3 is 14.8 Å². The van der Waals surface area contributed by atoms with Gasteiger partial charge >= 0.3 is 0 Å². The number of hydrogen-bond acceptors (Lipinski definition) is 3. The predicted molar refractivity (Wildman–Crippen MR) is 77.6 cm³/mol. The van der Waals surface area contributed by atoms with Gasteiger partial charge in [0.05, 0.1) is 19.3 Å². The maximum atomic E-state index is 6.30. The molecular weight excluding hydrogens is 238 g/mol. The molecule has 0 radical (unpaired) electrons. The van der Waals surface area contributed by atoms with Crippen LogP contribution in [0.5, 0.6) is 5.75 Å². The number of methoxy groups -OCH3 is 1. The standard InChI is InChI=1S/C16H25NO2/c1-17-12-16(19-14-8-4-3-5-9-14)13-7-6-10-15(11-13)18-2/h6-7,10-11,14,16-17H,3-5,8-9,12H2,1-2H3. The van der Waals surface area contributed by atoms with Crippen molar-refractivity contribution in [3.8, 4) is 5.75 Å². The minimum Gasteiger partial charge on any atom is -0.497 e. The van der Waals surface area contributed by atoms with Gasteiger partial charge in [0.1, 0.15) is 5.75 Å². The van der Waals surface area contributed by atoms with Crippen LogP contribution in [-0.4, -0.2) is 26.8 Å². The Kier molecular flexibility index (Phi) is 5.67. The lowest BCUT2D eigenvalue weighted by molar-refractivity contribution is -0.0299. The molecule has 1 aromatic carbocycles. The topological polar surface area (TPSA) is 30.5 Å². The van der Waals surface area contributed by atoms with Gasteiger partial charge in [0, 0.05) is 6.54 Å². The van der Waals surface area contributed by atoms with Crippen LogP contribution < -0.4 is 10.1 Å². The third kappa shape index (κ3) is 4.22. The summed E-state index contributed by atoms with van der Waals surface area (Å²) in [5.74, 6) is 0.894. The molecule has 0 heterocycles. The van der Waals surface area contributed by atoms with Gasteiger partial charge in [0.15, 0.2) is 0 Å². The second-order valence-corrected chi connectivity index (χ2v) is 5.22. The quantitative estimate of drug-likeness (QED) is 0.854. The predicted octanol–water partition coefficient (Wildman–Crippen LogP) is 3.31. The fraction of sp³-hybridized carbons (Fsp3) is 0.625. The van der Waals surface area contributed by atoms with Gasteiger partial charge in [-0.05, 0) is 37.6 Å². The van der Waals surface area contributed by atoms with Crippen molar-refractivity contribution in [3.63, 3.8) is 0 Å². The van der Waals surface area contributed by atoms with Crippen LogP contribution in [0.25, 0.3) is 0 Å². The summed E-state index contributed by atoms with van der Waals surface area (Å²) in [6.07, 6.45) is 6.88. The zero-order chi connectivity index (χ0) is 13.5. The molecule has 0 bridgehead atoms. The van der Waals surface area contributed by atoms with Crippen LogP contribution in [-0.2, 0) is 4.74 Å². The van der Waals surface area contributed by atoms with Crippen molar-refractivity contribution in [2.24, 2.45) is 0 Å². The van der Waals surface area contributed by atoms with Gasteiger partial charge in [0.25, 0.3) is 0 Å². The van der Waals surface area contributed by atoms with Crippen molar-refractivity contribution in [1.29, 1.82) is 0 Å². The number of hydrogen-bond donors (Lipinski definition) is 1. The maximum Gasteiger partial charge on any atom is 0.119 e. The second-order valence-electron chi connectivity index (χ2n) is 5.22. The van der Waals surface area contributed by atoms with Gasteiger partial charge in [-0.3, -0.25) is 0 Å². The van der Waals surface area contributed by atoms with Gasteiger partial charge in [-0.15, -0.1) is 0 Å². The molecule has 0 spiro atoms. The summed E-state index contributed by atoms with van der Waals surface area (Å²) in [4.78, 5) is 0. The van der Waals surface area contributed by atoms with Crippen molar-refractivity contribution in [2.45, 2.75) is 44.3 Å². The van der Waals surface area contributed by atoms with Crippen LogP contribution in [0.3, 0.4) is 0 Å². The maximum absolute atomic E-state index is 6.30. The SMILES string of the molecule is CNCC(OC1CCCCC1)c1cccc(OC)c1.